The minimum Gasteiger partial charge on any atom is -0.490 e. The summed E-state index contributed by atoms with van der Waals surface area (Å²) in [5.74, 6) is 4.25. The van der Waals surface area contributed by atoms with Crippen LogP contribution in [0.3, 0.4) is 0 Å². The molecule has 5 rings (SSSR count). The molecule has 3 saturated carbocycles. The first-order chi connectivity index (χ1) is 13.4. The minimum absolute atomic E-state index is 0.269. The second-order valence-electron chi connectivity index (χ2n) is 10.8. The van der Waals surface area contributed by atoms with Crippen LogP contribution in [0, 0.1) is 34.5 Å². The smallest absolute Gasteiger partial charge is 0.220 e. The van der Waals surface area contributed by atoms with Crippen molar-refractivity contribution in [3.63, 3.8) is 0 Å². The Balaban J connectivity index is 1.39. The van der Waals surface area contributed by atoms with Crippen LogP contribution in [0.2, 0.25) is 0 Å². The van der Waals surface area contributed by atoms with Crippen LogP contribution in [-0.2, 0) is 4.79 Å². The van der Waals surface area contributed by atoms with E-state index in [1.54, 1.807) is 0 Å². The summed E-state index contributed by atoms with van der Waals surface area (Å²) < 4.78 is 6.44. The molecule has 1 amide bonds. The lowest BCUT2D eigenvalue weighted by atomic mass is 9.45. The standard InChI is InChI=1S/C25H35NO2/c1-16-13-21-25(3,12-10-22(27)26-21)19-9-11-24(2)15-18(14-20(24)23(16)19)28-17-7-5-4-6-8-17/h4-8,16,18-21,23H,9-15H2,1-3H3,(H,26,27)/t16?,18?,19-,20+,21?,23-,24-,25-/m1/s1. The molecule has 152 valence electrons. The predicted octanol–water partition coefficient (Wildman–Crippen LogP) is 5.20. The van der Waals surface area contributed by atoms with Gasteiger partial charge in [-0.05, 0) is 85.2 Å². The number of hydrogen-bond acceptors (Lipinski definition) is 2. The highest BCUT2D eigenvalue weighted by Crippen LogP contribution is 2.65. The average Bonchev–Trinajstić information content (AvgIpc) is 3.00. The molecule has 1 saturated heterocycles. The number of para-hydroxylation sites is 1. The molecule has 0 radical (unpaired) electrons. The summed E-state index contributed by atoms with van der Waals surface area (Å²) in [6, 6.07) is 10.7. The molecular weight excluding hydrogens is 346 g/mol. The highest BCUT2D eigenvalue weighted by molar-refractivity contribution is 5.77. The lowest BCUT2D eigenvalue weighted by Crippen LogP contribution is -2.62. The molecular formula is C25H35NO2. The van der Waals surface area contributed by atoms with Crippen molar-refractivity contribution < 1.29 is 9.53 Å². The summed E-state index contributed by atoms with van der Waals surface area (Å²) in [5, 5.41) is 3.37. The molecule has 3 heteroatoms. The van der Waals surface area contributed by atoms with Crippen molar-refractivity contribution in [3.05, 3.63) is 30.3 Å². The van der Waals surface area contributed by atoms with Gasteiger partial charge in [-0.25, -0.2) is 0 Å². The zero-order valence-electron chi connectivity index (χ0n) is 17.6. The van der Waals surface area contributed by atoms with Crippen molar-refractivity contribution in [2.45, 2.75) is 77.9 Å². The van der Waals surface area contributed by atoms with Crippen LogP contribution in [0.25, 0.3) is 0 Å². The molecule has 0 spiro atoms. The molecule has 0 aromatic heterocycles. The molecule has 3 nitrogen and oxygen atoms in total. The van der Waals surface area contributed by atoms with Crippen LogP contribution in [0.15, 0.2) is 30.3 Å². The number of piperidine rings is 1. The first-order valence-electron chi connectivity index (χ1n) is 11.4. The van der Waals surface area contributed by atoms with Gasteiger partial charge in [-0.3, -0.25) is 4.79 Å². The summed E-state index contributed by atoms with van der Waals surface area (Å²) in [7, 11) is 0. The van der Waals surface area contributed by atoms with E-state index in [9.17, 15) is 4.79 Å². The Morgan fingerprint density at radius 1 is 1.07 bits per heavy atom. The van der Waals surface area contributed by atoms with Crippen LogP contribution < -0.4 is 10.1 Å². The molecule has 0 bridgehead atoms. The van der Waals surface area contributed by atoms with E-state index in [0.29, 0.717) is 29.9 Å². The zero-order valence-corrected chi connectivity index (χ0v) is 17.6. The van der Waals surface area contributed by atoms with Crippen LogP contribution in [0.1, 0.15) is 65.7 Å². The maximum atomic E-state index is 12.0. The monoisotopic (exact) mass is 381 g/mol. The number of rotatable bonds is 2. The molecule has 3 unspecified atom stereocenters. The van der Waals surface area contributed by atoms with E-state index < -0.39 is 0 Å². The van der Waals surface area contributed by atoms with E-state index in [0.717, 1.165) is 36.3 Å². The molecule has 1 aliphatic heterocycles. The Hall–Kier alpha value is -1.51. The van der Waals surface area contributed by atoms with Gasteiger partial charge in [0.1, 0.15) is 5.75 Å². The molecule has 3 aliphatic carbocycles. The number of hydrogen-bond donors (Lipinski definition) is 1. The molecule has 28 heavy (non-hydrogen) atoms. The van der Waals surface area contributed by atoms with Crippen molar-refractivity contribution in [3.8, 4) is 5.75 Å². The fraction of sp³-hybridized carbons (Fsp3) is 0.720. The first kappa shape index (κ1) is 18.5. The largest absolute Gasteiger partial charge is 0.490 e. The van der Waals surface area contributed by atoms with Gasteiger partial charge in [-0.15, -0.1) is 0 Å². The Bertz CT molecular complexity index is 748. The first-order valence-corrected chi connectivity index (χ1v) is 11.4. The van der Waals surface area contributed by atoms with Crippen LogP contribution in [0.5, 0.6) is 5.75 Å². The molecule has 1 N–H and O–H groups in total. The summed E-state index contributed by atoms with van der Waals surface area (Å²) in [6.07, 6.45) is 8.32. The fourth-order valence-electron chi connectivity index (χ4n) is 7.82. The topological polar surface area (TPSA) is 38.3 Å². The van der Waals surface area contributed by atoms with Gasteiger partial charge in [0.05, 0.1) is 6.10 Å². The molecule has 1 aromatic carbocycles. The third-order valence-electron chi connectivity index (χ3n) is 9.24. The number of amides is 1. The van der Waals surface area contributed by atoms with Crippen molar-refractivity contribution in [1.29, 1.82) is 0 Å². The quantitative estimate of drug-likeness (QED) is 0.764. The third kappa shape index (κ3) is 2.80. The highest BCUT2D eigenvalue weighted by Gasteiger charge is 2.61. The summed E-state index contributed by atoms with van der Waals surface area (Å²) in [5.41, 5.74) is 0.695. The summed E-state index contributed by atoms with van der Waals surface area (Å²) >= 11 is 0. The summed E-state index contributed by atoms with van der Waals surface area (Å²) in [4.78, 5) is 12.0. The van der Waals surface area contributed by atoms with E-state index in [-0.39, 0.29) is 11.3 Å². The number of carbonyl (C=O) groups excluding carboxylic acids is 1. The Morgan fingerprint density at radius 2 is 1.86 bits per heavy atom. The van der Waals surface area contributed by atoms with Crippen molar-refractivity contribution >= 4 is 5.91 Å². The van der Waals surface area contributed by atoms with Gasteiger partial charge in [-0.1, -0.05) is 39.0 Å². The van der Waals surface area contributed by atoms with Gasteiger partial charge in [0.15, 0.2) is 0 Å². The van der Waals surface area contributed by atoms with Crippen molar-refractivity contribution in [2.24, 2.45) is 34.5 Å². The predicted molar refractivity (Wildman–Crippen MR) is 111 cm³/mol. The third-order valence-corrected chi connectivity index (χ3v) is 9.24. The van der Waals surface area contributed by atoms with E-state index in [1.807, 2.05) is 0 Å². The van der Waals surface area contributed by atoms with Gasteiger partial charge in [0.2, 0.25) is 5.91 Å². The van der Waals surface area contributed by atoms with Crippen LogP contribution in [-0.4, -0.2) is 18.1 Å². The van der Waals surface area contributed by atoms with Gasteiger partial charge in [0.25, 0.3) is 0 Å². The van der Waals surface area contributed by atoms with Gasteiger partial charge < -0.3 is 10.1 Å². The van der Waals surface area contributed by atoms with Gasteiger partial charge in [0, 0.05) is 12.5 Å². The number of ether oxygens (including phenoxy) is 1. The number of fused-ring (bicyclic) bond motifs is 5. The van der Waals surface area contributed by atoms with E-state index in [2.05, 4.69) is 56.4 Å². The molecule has 4 aliphatic rings. The van der Waals surface area contributed by atoms with E-state index >= 15 is 0 Å². The highest BCUT2D eigenvalue weighted by atomic mass is 16.5. The fourth-order valence-corrected chi connectivity index (χ4v) is 7.82. The summed E-state index contributed by atoms with van der Waals surface area (Å²) in [6.45, 7) is 7.47. The average molecular weight is 382 g/mol. The van der Waals surface area contributed by atoms with Gasteiger partial charge in [-0.2, -0.15) is 0 Å². The lowest BCUT2D eigenvalue weighted by Gasteiger charge is -2.61. The molecule has 4 fully saturated rings. The second-order valence-corrected chi connectivity index (χ2v) is 10.8. The number of nitrogens with one attached hydrogen (secondary N) is 1. The molecule has 8 atom stereocenters. The Labute approximate surface area is 169 Å². The lowest BCUT2D eigenvalue weighted by molar-refractivity contribution is -0.141. The minimum atomic E-state index is 0.269. The van der Waals surface area contributed by atoms with Crippen molar-refractivity contribution in [2.75, 3.05) is 0 Å². The van der Waals surface area contributed by atoms with Gasteiger partial charge >= 0.3 is 0 Å². The second kappa shape index (κ2) is 6.50. The molecule has 1 aromatic rings. The van der Waals surface area contributed by atoms with Crippen LogP contribution >= 0.6 is 0 Å². The number of carbonyl (C=O) groups is 1. The maximum Gasteiger partial charge on any atom is 0.220 e. The zero-order chi connectivity index (χ0) is 19.5. The van der Waals surface area contributed by atoms with E-state index in [4.69, 9.17) is 4.74 Å². The maximum absolute atomic E-state index is 12.0. The Morgan fingerprint density at radius 3 is 2.64 bits per heavy atom. The normalized spacial score (nSPS) is 47.5. The Kier molecular flexibility index (Phi) is 4.30. The number of benzene rings is 1. The van der Waals surface area contributed by atoms with Crippen molar-refractivity contribution in [1.82, 2.24) is 5.32 Å². The van der Waals surface area contributed by atoms with E-state index in [1.165, 1.54) is 25.7 Å². The SMILES string of the molecule is CC1CC2NC(=O)CC[C@]2(C)[C@@H]2CC[C@]3(C)CC(Oc4ccccc4)C[C@H]3[C@H]12. The van der Waals surface area contributed by atoms with Crippen LogP contribution in [0.4, 0.5) is 0 Å². The molecule has 1 heterocycles.